The van der Waals surface area contributed by atoms with E-state index in [1.165, 1.54) is 17.3 Å². The minimum absolute atomic E-state index is 0.107. The molecule has 0 aliphatic carbocycles. The van der Waals surface area contributed by atoms with Gasteiger partial charge >= 0.3 is 12.4 Å². The summed E-state index contributed by atoms with van der Waals surface area (Å²) in [5, 5.41) is 2.32. The van der Waals surface area contributed by atoms with Crippen LogP contribution in [0.15, 0.2) is 60.7 Å². The number of benzene rings is 2. The average molecular weight is 401 g/mol. The van der Waals surface area contributed by atoms with Crippen LogP contribution in [0.5, 0.6) is 0 Å². The van der Waals surface area contributed by atoms with E-state index in [-0.39, 0.29) is 11.1 Å². The van der Waals surface area contributed by atoms with Gasteiger partial charge in [0, 0.05) is 6.92 Å². The van der Waals surface area contributed by atoms with Gasteiger partial charge < -0.3 is 18.6 Å². The van der Waals surface area contributed by atoms with E-state index < -0.39 is 20.8 Å². The highest BCUT2D eigenvalue weighted by atomic mass is 28.4. The first-order valence-electron chi connectivity index (χ1n) is 9.52. The molecule has 0 amide bonds. The van der Waals surface area contributed by atoms with E-state index in [1.807, 2.05) is 12.1 Å². The fourth-order valence-electron chi connectivity index (χ4n) is 3.69. The predicted octanol–water partition coefficient (Wildman–Crippen LogP) is 2.83. The Bertz CT molecular complexity index is 733. The van der Waals surface area contributed by atoms with Crippen molar-refractivity contribution in [2.45, 2.75) is 45.3 Å². The fraction of sp³-hybridized carbons (Fsp3) is 0.409. The third-order valence-electron chi connectivity index (χ3n) is 4.89. The minimum atomic E-state index is -2.61. The Morgan fingerprint density at radius 3 is 2.04 bits per heavy atom. The summed E-state index contributed by atoms with van der Waals surface area (Å²) in [4.78, 5) is 11.1. The molecule has 0 aromatic heterocycles. The summed E-state index contributed by atoms with van der Waals surface area (Å²) < 4.78 is 22.9. The molecule has 1 fully saturated rings. The lowest BCUT2D eigenvalue weighted by atomic mass is 10.2. The Labute approximate surface area is 167 Å². The van der Waals surface area contributed by atoms with E-state index in [9.17, 15) is 4.79 Å². The molecule has 28 heavy (non-hydrogen) atoms. The molecule has 2 atom stereocenters. The van der Waals surface area contributed by atoms with Crippen LogP contribution in [-0.2, 0) is 23.4 Å². The molecular formula is C22H28O5Si. The average Bonchev–Trinajstić information content (AvgIpc) is 3.09. The van der Waals surface area contributed by atoms with E-state index in [2.05, 4.69) is 69.3 Å². The lowest BCUT2D eigenvalue weighted by Crippen LogP contribution is -2.67. The van der Waals surface area contributed by atoms with Gasteiger partial charge in [0.25, 0.3) is 8.32 Å². The van der Waals surface area contributed by atoms with E-state index >= 15 is 0 Å². The molecule has 0 radical (unpaired) electrons. The van der Waals surface area contributed by atoms with Crippen LogP contribution < -0.4 is 10.4 Å². The third-order valence-corrected chi connectivity index (χ3v) is 9.89. The Balaban J connectivity index is 1.90. The van der Waals surface area contributed by atoms with Crippen molar-refractivity contribution in [3.63, 3.8) is 0 Å². The van der Waals surface area contributed by atoms with Crippen LogP contribution in [0.1, 0.15) is 27.7 Å². The smallest absolute Gasteiger partial charge is 0.318 e. The second-order valence-electron chi connectivity index (χ2n) is 7.96. The summed E-state index contributed by atoms with van der Waals surface area (Å²) in [5.74, 6) is -0.432. The highest BCUT2D eigenvalue weighted by molar-refractivity contribution is 6.99. The first-order valence-corrected chi connectivity index (χ1v) is 11.4. The summed E-state index contributed by atoms with van der Waals surface area (Å²) in [7, 11) is -2.61. The number of ether oxygens (including phenoxy) is 3. The van der Waals surface area contributed by atoms with Crippen molar-refractivity contribution in [3.05, 3.63) is 60.7 Å². The van der Waals surface area contributed by atoms with Gasteiger partial charge in [-0.05, 0) is 15.4 Å². The van der Waals surface area contributed by atoms with Gasteiger partial charge in [0.2, 0.25) is 0 Å². The molecule has 5 nitrogen and oxygen atoms in total. The zero-order chi connectivity index (χ0) is 20.2. The van der Waals surface area contributed by atoms with Gasteiger partial charge in [0.05, 0.1) is 13.2 Å². The number of esters is 1. The van der Waals surface area contributed by atoms with Gasteiger partial charge in [-0.2, -0.15) is 0 Å². The Morgan fingerprint density at radius 2 is 1.57 bits per heavy atom. The molecule has 150 valence electrons. The molecule has 1 heterocycles. The third kappa shape index (κ3) is 4.36. The summed E-state index contributed by atoms with van der Waals surface area (Å²) in [6, 6.07) is 20.9. The summed E-state index contributed by atoms with van der Waals surface area (Å²) in [6.45, 7) is 7.76. The summed E-state index contributed by atoms with van der Waals surface area (Å²) in [6.07, 6.45) is -0.286. The largest absolute Gasteiger partial charge is 0.410 e. The molecule has 3 rings (SSSR count). The van der Waals surface area contributed by atoms with Gasteiger partial charge in [-0.15, -0.1) is 0 Å². The predicted molar refractivity (Wildman–Crippen MR) is 110 cm³/mol. The molecule has 0 N–H and O–H groups in total. The van der Waals surface area contributed by atoms with Gasteiger partial charge in [-0.3, -0.25) is 4.79 Å². The number of rotatable bonds is 6. The van der Waals surface area contributed by atoms with Crippen molar-refractivity contribution in [3.8, 4) is 0 Å². The molecule has 1 aliphatic rings. The zero-order valence-electron chi connectivity index (χ0n) is 16.9. The van der Waals surface area contributed by atoms with Crippen molar-refractivity contribution in [1.29, 1.82) is 0 Å². The van der Waals surface area contributed by atoms with Crippen LogP contribution in [0.3, 0.4) is 0 Å². The SMILES string of the molecule is CC(=O)OC1OC[C@H](CO[Si](c2ccccc2)(c2ccccc2)C(C)(C)C)O1. The normalized spacial score (nSPS) is 20.1. The number of hydrogen-bond donors (Lipinski definition) is 0. The number of hydrogen-bond acceptors (Lipinski definition) is 5. The minimum Gasteiger partial charge on any atom is -0.410 e. The second-order valence-corrected chi connectivity index (χ2v) is 12.3. The van der Waals surface area contributed by atoms with Crippen molar-refractivity contribution in [2.24, 2.45) is 0 Å². The van der Waals surface area contributed by atoms with E-state index in [4.69, 9.17) is 18.6 Å². The standard InChI is InChI=1S/C22H28O5Si/c1-17(23)26-21-24-15-18(27-21)16-25-28(22(2,3)4,19-11-7-5-8-12-19)20-13-9-6-10-14-20/h5-14,18,21H,15-16H2,1-4H3/t18-,21?/m1/s1. The van der Waals surface area contributed by atoms with Crippen LogP contribution in [0.2, 0.25) is 5.04 Å². The van der Waals surface area contributed by atoms with Crippen LogP contribution in [0.4, 0.5) is 0 Å². The van der Waals surface area contributed by atoms with Crippen LogP contribution in [-0.4, -0.2) is 40.1 Å². The number of carbonyl (C=O) groups is 1. The van der Waals surface area contributed by atoms with Crippen LogP contribution in [0.25, 0.3) is 0 Å². The second kappa shape index (κ2) is 8.57. The van der Waals surface area contributed by atoms with Crippen LogP contribution >= 0.6 is 0 Å². The van der Waals surface area contributed by atoms with Crippen molar-refractivity contribution in [1.82, 2.24) is 0 Å². The maximum atomic E-state index is 11.1. The highest BCUT2D eigenvalue weighted by Gasteiger charge is 2.50. The molecular weight excluding hydrogens is 372 g/mol. The molecule has 0 saturated carbocycles. The van der Waals surface area contributed by atoms with Crippen molar-refractivity contribution in [2.75, 3.05) is 13.2 Å². The Hall–Kier alpha value is -1.99. The lowest BCUT2D eigenvalue weighted by Gasteiger charge is -2.43. The van der Waals surface area contributed by atoms with Gasteiger partial charge in [0.15, 0.2) is 0 Å². The monoisotopic (exact) mass is 400 g/mol. The molecule has 2 aromatic carbocycles. The molecule has 2 aromatic rings. The van der Waals surface area contributed by atoms with Crippen LogP contribution in [0, 0.1) is 0 Å². The Morgan fingerprint density at radius 1 is 1.04 bits per heavy atom. The maximum Gasteiger partial charge on any atom is 0.318 e. The van der Waals surface area contributed by atoms with Gasteiger partial charge in [0.1, 0.15) is 6.10 Å². The molecule has 1 aliphatic heterocycles. The summed E-state index contributed by atoms with van der Waals surface area (Å²) >= 11 is 0. The maximum absolute atomic E-state index is 11.1. The molecule has 1 unspecified atom stereocenters. The number of carbonyl (C=O) groups excluding carboxylic acids is 1. The molecule has 6 heteroatoms. The molecule has 1 saturated heterocycles. The highest BCUT2D eigenvalue weighted by Crippen LogP contribution is 2.37. The van der Waals surface area contributed by atoms with Crippen molar-refractivity contribution >= 4 is 24.7 Å². The Kier molecular flexibility index (Phi) is 6.35. The van der Waals surface area contributed by atoms with E-state index in [0.29, 0.717) is 13.2 Å². The fourth-order valence-corrected chi connectivity index (χ4v) is 8.28. The quantitative estimate of drug-likeness (QED) is 0.551. The first-order chi connectivity index (χ1) is 13.3. The zero-order valence-corrected chi connectivity index (χ0v) is 17.9. The first kappa shape index (κ1) is 20.7. The topological polar surface area (TPSA) is 54.0 Å². The molecule has 0 spiro atoms. The summed E-state index contributed by atoms with van der Waals surface area (Å²) in [5.41, 5.74) is 0. The van der Waals surface area contributed by atoms with Gasteiger partial charge in [-0.25, -0.2) is 0 Å². The van der Waals surface area contributed by atoms with Gasteiger partial charge in [-0.1, -0.05) is 81.4 Å². The van der Waals surface area contributed by atoms with Crippen molar-refractivity contribution < 1.29 is 23.4 Å². The molecule has 0 bridgehead atoms. The van der Waals surface area contributed by atoms with E-state index in [1.54, 1.807) is 0 Å². The lowest BCUT2D eigenvalue weighted by molar-refractivity contribution is -0.231. The van der Waals surface area contributed by atoms with E-state index in [0.717, 1.165) is 0 Å².